The van der Waals surface area contributed by atoms with Crippen LogP contribution in [0.25, 0.3) is 0 Å². The van der Waals surface area contributed by atoms with E-state index in [1.807, 2.05) is 6.92 Å². The van der Waals surface area contributed by atoms with E-state index in [1.54, 1.807) is 35.3 Å². The van der Waals surface area contributed by atoms with Crippen molar-refractivity contribution >= 4 is 39.1 Å². The van der Waals surface area contributed by atoms with E-state index in [0.717, 1.165) is 11.0 Å². The number of anilines is 1. The lowest BCUT2D eigenvalue weighted by molar-refractivity contribution is 0.102. The molecule has 4 nitrogen and oxygen atoms in total. The molecule has 1 heterocycles. The Balaban J connectivity index is 2.14. The molecular weight excluding hydrogens is 318 g/mol. The first-order valence-electron chi connectivity index (χ1n) is 5.39. The van der Waals surface area contributed by atoms with E-state index in [2.05, 4.69) is 26.3 Å². The second kappa shape index (κ2) is 5.54. The van der Waals surface area contributed by atoms with Crippen LogP contribution in [0.3, 0.4) is 0 Å². The highest BCUT2D eigenvalue weighted by Gasteiger charge is 2.09. The summed E-state index contributed by atoms with van der Waals surface area (Å²) in [6, 6.07) is 5.06. The molecule has 0 atom stereocenters. The van der Waals surface area contributed by atoms with Gasteiger partial charge in [-0.3, -0.25) is 9.48 Å². The summed E-state index contributed by atoms with van der Waals surface area (Å²) in [4.78, 5) is 12.0. The molecule has 0 fully saturated rings. The fourth-order valence-corrected chi connectivity index (χ4v) is 1.87. The molecular formula is C12H11BrClN3O. The predicted octanol–water partition coefficient (Wildman–Crippen LogP) is 3.57. The second-order valence-corrected chi connectivity index (χ2v) is 4.93. The zero-order valence-corrected chi connectivity index (χ0v) is 12.0. The van der Waals surface area contributed by atoms with Gasteiger partial charge in [0, 0.05) is 22.8 Å². The number of benzene rings is 1. The largest absolute Gasteiger partial charge is 0.319 e. The van der Waals surface area contributed by atoms with Crippen LogP contribution in [0, 0.1) is 0 Å². The van der Waals surface area contributed by atoms with E-state index < -0.39 is 0 Å². The first-order chi connectivity index (χ1) is 8.60. The average Bonchev–Trinajstić information content (AvgIpc) is 2.80. The van der Waals surface area contributed by atoms with E-state index in [0.29, 0.717) is 16.3 Å². The Hall–Kier alpha value is -1.33. The topological polar surface area (TPSA) is 46.9 Å². The smallest absolute Gasteiger partial charge is 0.255 e. The normalized spacial score (nSPS) is 10.4. The van der Waals surface area contributed by atoms with Crippen molar-refractivity contribution in [1.82, 2.24) is 9.78 Å². The summed E-state index contributed by atoms with van der Waals surface area (Å²) < 4.78 is 2.50. The van der Waals surface area contributed by atoms with Crippen LogP contribution < -0.4 is 5.32 Å². The average molecular weight is 329 g/mol. The van der Waals surface area contributed by atoms with Gasteiger partial charge in [0.2, 0.25) is 0 Å². The Morgan fingerprint density at radius 3 is 2.94 bits per heavy atom. The SMILES string of the molecule is CCn1cc(NC(=O)c2ccc(Br)c(Cl)c2)cn1. The number of carbonyl (C=O) groups excluding carboxylic acids is 1. The van der Waals surface area contributed by atoms with E-state index in [1.165, 1.54) is 0 Å². The third-order valence-electron chi connectivity index (χ3n) is 2.40. The fraction of sp³-hybridized carbons (Fsp3) is 0.167. The van der Waals surface area contributed by atoms with Crippen molar-refractivity contribution in [1.29, 1.82) is 0 Å². The van der Waals surface area contributed by atoms with Crippen LogP contribution in [0.5, 0.6) is 0 Å². The Morgan fingerprint density at radius 2 is 2.33 bits per heavy atom. The van der Waals surface area contributed by atoms with Crippen LogP contribution in [-0.2, 0) is 6.54 Å². The van der Waals surface area contributed by atoms with Crippen molar-refractivity contribution in [3.05, 3.63) is 45.7 Å². The zero-order valence-electron chi connectivity index (χ0n) is 9.65. The van der Waals surface area contributed by atoms with Gasteiger partial charge in [-0.25, -0.2) is 0 Å². The number of aromatic nitrogens is 2. The molecule has 1 aromatic carbocycles. The van der Waals surface area contributed by atoms with Crippen molar-refractivity contribution in [3.8, 4) is 0 Å². The Bertz CT molecular complexity index is 582. The minimum absolute atomic E-state index is 0.208. The first kappa shape index (κ1) is 13.1. The van der Waals surface area contributed by atoms with Gasteiger partial charge in [-0.2, -0.15) is 5.10 Å². The summed E-state index contributed by atoms with van der Waals surface area (Å²) in [5.74, 6) is -0.208. The van der Waals surface area contributed by atoms with Crippen molar-refractivity contribution in [2.75, 3.05) is 5.32 Å². The molecule has 2 rings (SSSR count). The lowest BCUT2D eigenvalue weighted by Crippen LogP contribution is -2.11. The van der Waals surface area contributed by atoms with Gasteiger partial charge < -0.3 is 5.32 Å². The fourth-order valence-electron chi connectivity index (χ4n) is 1.44. The van der Waals surface area contributed by atoms with Gasteiger partial charge in [-0.15, -0.1) is 0 Å². The standard InChI is InChI=1S/C12H11BrClN3O/c1-2-17-7-9(6-15-17)16-12(18)8-3-4-10(13)11(14)5-8/h3-7H,2H2,1H3,(H,16,18). The minimum atomic E-state index is -0.208. The molecule has 6 heteroatoms. The van der Waals surface area contributed by atoms with Crippen molar-refractivity contribution in [3.63, 3.8) is 0 Å². The Morgan fingerprint density at radius 1 is 1.56 bits per heavy atom. The Kier molecular flexibility index (Phi) is 4.04. The van der Waals surface area contributed by atoms with Crippen LogP contribution in [0.4, 0.5) is 5.69 Å². The van der Waals surface area contributed by atoms with Crippen LogP contribution >= 0.6 is 27.5 Å². The summed E-state index contributed by atoms with van der Waals surface area (Å²) in [5, 5.41) is 7.35. The molecule has 0 aliphatic rings. The Labute approximate surface area is 118 Å². The van der Waals surface area contributed by atoms with Gasteiger partial charge in [-0.05, 0) is 41.1 Å². The lowest BCUT2D eigenvalue weighted by atomic mass is 10.2. The van der Waals surface area contributed by atoms with E-state index in [-0.39, 0.29) is 5.91 Å². The third kappa shape index (κ3) is 2.91. The number of nitrogens with zero attached hydrogens (tertiary/aromatic N) is 2. The van der Waals surface area contributed by atoms with Gasteiger partial charge in [0.15, 0.2) is 0 Å². The minimum Gasteiger partial charge on any atom is -0.319 e. The van der Waals surface area contributed by atoms with E-state index in [4.69, 9.17) is 11.6 Å². The molecule has 0 unspecified atom stereocenters. The highest BCUT2D eigenvalue weighted by molar-refractivity contribution is 9.10. The number of hydrogen-bond acceptors (Lipinski definition) is 2. The highest BCUT2D eigenvalue weighted by atomic mass is 79.9. The molecule has 0 spiro atoms. The summed E-state index contributed by atoms with van der Waals surface area (Å²) in [6.07, 6.45) is 3.39. The lowest BCUT2D eigenvalue weighted by Gasteiger charge is -2.03. The van der Waals surface area contributed by atoms with Gasteiger partial charge in [-0.1, -0.05) is 11.6 Å². The second-order valence-electron chi connectivity index (χ2n) is 3.67. The number of rotatable bonds is 3. The molecule has 1 amide bonds. The van der Waals surface area contributed by atoms with Crippen LogP contribution in [0.15, 0.2) is 35.1 Å². The maximum Gasteiger partial charge on any atom is 0.255 e. The number of halogens is 2. The summed E-state index contributed by atoms with van der Waals surface area (Å²) in [7, 11) is 0. The van der Waals surface area contributed by atoms with Crippen LogP contribution in [0.2, 0.25) is 5.02 Å². The van der Waals surface area contributed by atoms with Crippen molar-refractivity contribution < 1.29 is 4.79 Å². The van der Waals surface area contributed by atoms with Gasteiger partial charge in [0.1, 0.15) is 0 Å². The number of nitrogens with one attached hydrogen (secondary N) is 1. The summed E-state index contributed by atoms with van der Waals surface area (Å²) in [6.45, 7) is 2.74. The molecule has 0 bridgehead atoms. The number of aryl methyl sites for hydroxylation is 1. The molecule has 1 aromatic heterocycles. The van der Waals surface area contributed by atoms with Gasteiger partial charge >= 0.3 is 0 Å². The zero-order chi connectivity index (χ0) is 13.1. The maximum atomic E-state index is 12.0. The van der Waals surface area contributed by atoms with Gasteiger partial charge in [0.25, 0.3) is 5.91 Å². The summed E-state index contributed by atoms with van der Waals surface area (Å²) in [5.41, 5.74) is 1.17. The number of amides is 1. The highest BCUT2D eigenvalue weighted by Crippen LogP contribution is 2.23. The van der Waals surface area contributed by atoms with E-state index in [9.17, 15) is 4.79 Å². The van der Waals surface area contributed by atoms with Crippen molar-refractivity contribution in [2.45, 2.75) is 13.5 Å². The quantitative estimate of drug-likeness (QED) is 0.936. The molecule has 0 radical (unpaired) electrons. The summed E-state index contributed by atoms with van der Waals surface area (Å²) >= 11 is 9.23. The number of hydrogen-bond donors (Lipinski definition) is 1. The third-order valence-corrected chi connectivity index (χ3v) is 3.63. The first-order valence-corrected chi connectivity index (χ1v) is 6.56. The van der Waals surface area contributed by atoms with Crippen molar-refractivity contribution in [2.24, 2.45) is 0 Å². The molecule has 0 aliphatic heterocycles. The monoisotopic (exact) mass is 327 g/mol. The van der Waals surface area contributed by atoms with Gasteiger partial charge in [0.05, 0.1) is 16.9 Å². The molecule has 0 saturated heterocycles. The van der Waals surface area contributed by atoms with E-state index >= 15 is 0 Å². The molecule has 18 heavy (non-hydrogen) atoms. The predicted molar refractivity (Wildman–Crippen MR) is 75.0 cm³/mol. The molecule has 94 valence electrons. The molecule has 1 N–H and O–H groups in total. The molecule has 2 aromatic rings. The van der Waals surface area contributed by atoms with Crippen LogP contribution in [-0.4, -0.2) is 15.7 Å². The van der Waals surface area contributed by atoms with Crippen LogP contribution in [0.1, 0.15) is 17.3 Å². The molecule has 0 saturated carbocycles. The number of carbonyl (C=O) groups is 1. The maximum absolute atomic E-state index is 12.0. The molecule has 0 aliphatic carbocycles.